The number of halogens is 1. The molecule has 0 spiro atoms. The minimum absolute atomic E-state index is 0.479. The quantitative estimate of drug-likeness (QED) is 0.691. The number of aromatic nitrogens is 6. The Kier molecular flexibility index (Phi) is 2.41. The number of aromatic amines is 1. The topological polar surface area (TPSA) is 80.2 Å². The molecule has 0 radical (unpaired) electrons. The zero-order chi connectivity index (χ0) is 11.7. The van der Waals surface area contributed by atoms with Crippen LogP contribution in [0.2, 0.25) is 0 Å². The van der Waals surface area contributed by atoms with Gasteiger partial charge in [0.05, 0.1) is 6.33 Å². The summed E-state index contributed by atoms with van der Waals surface area (Å²) in [6.07, 6.45) is 4.11. The molecule has 3 heterocycles. The van der Waals surface area contributed by atoms with E-state index >= 15 is 0 Å². The fraction of sp³-hybridized carbons (Fsp3) is 0. The van der Waals surface area contributed by atoms with Crippen LogP contribution in [-0.4, -0.2) is 29.9 Å². The minimum Gasteiger partial charge on any atom is -0.341 e. The van der Waals surface area contributed by atoms with Crippen LogP contribution in [-0.2, 0) is 0 Å². The van der Waals surface area contributed by atoms with E-state index in [2.05, 4.69) is 29.9 Å². The highest BCUT2D eigenvalue weighted by atomic mass is 32.2. The molecule has 8 heteroatoms. The highest BCUT2D eigenvalue weighted by Gasteiger charge is 2.08. The summed E-state index contributed by atoms with van der Waals surface area (Å²) in [4.78, 5) is 22.4. The molecular formula is C9H5FN6S. The zero-order valence-corrected chi connectivity index (χ0v) is 9.15. The van der Waals surface area contributed by atoms with Crippen molar-refractivity contribution in [2.45, 2.75) is 10.1 Å². The van der Waals surface area contributed by atoms with Crippen LogP contribution in [0.3, 0.4) is 0 Å². The molecule has 0 fully saturated rings. The van der Waals surface area contributed by atoms with Gasteiger partial charge in [0.15, 0.2) is 5.65 Å². The van der Waals surface area contributed by atoms with Crippen molar-refractivity contribution >= 4 is 22.9 Å². The Morgan fingerprint density at radius 3 is 2.82 bits per heavy atom. The van der Waals surface area contributed by atoms with Crippen molar-refractivity contribution in [3.05, 3.63) is 31.0 Å². The number of H-pyrrole nitrogens is 1. The maximum absolute atomic E-state index is 12.9. The second-order valence-corrected chi connectivity index (χ2v) is 4.07. The molecule has 0 aromatic carbocycles. The van der Waals surface area contributed by atoms with Crippen LogP contribution >= 0.6 is 11.8 Å². The molecule has 0 aliphatic heterocycles. The summed E-state index contributed by atoms with van der Waals surface area (Å²) in [6.45, 7) is 0. The molecule has 0 bridgehead atoms. The Morgan fingerprint density at radius 2 is 1.94 bits per heavy atom. The monoisotopic (exact) mass is 248 g/mol. The molecule has 0 unspecified atom stereocenters. The predicted molar refractivity (Wildman–Crippen MR) is 57.8 cm³/mol. The molecule has 0 aliphatic carbocycles. The van der Waals surface area contributed by atoms with Crippen LogP contribution in [0.25, 0.3) is 11.2 Å². The predicted octanol–water partition coefficient (Wildman–Crippen LogP) is 1.43. The third-order valence-electron chi connectivity index (χ3n) is 2.00. The second-order valence-electron chi connectivity index (χ2n) is 3.06. The van der Waals surface area contributed by atoms with E-state index in [9.17, 15) is 4.39 Å². The van der Waals surface area contributed by atoms with Gasteiger partial charge in [-0.3, -0.25) is 0 Å². The molecule has 0 saturated carbocycles. The molecule has 0 atom stereocenters. The maximum Gasteiger partial charge on any atom is 0.217 e. The number of imidazole rings is 1. The fourth-order valence-electron chi connectivity index (χ4n) is 1.29. The smallest absolute Gasteiger partial charge is 0.217 e. The second kappa shape index (κ2) is 4.06. The van der Waals surface area contributed by atoms with E-state index in [4.69, 9.17) is 0 Å². The lowest BCUT2D eigenvalue weighted by Gasteiger charge is -1.99. The summed E-state index contributed by atoms with van der Waals surface area (Å²) in [5.41, 5.74) is 1.27. The maximum atomic E-state index is 12.9. The Labute approximate surface area is 98.8 Å². The van der Waals surface area contributed by atoms with Gasteiger partial charge in [-0.25, -0.2) is 24.9 Å². The van der Waals surface area contributed by atoms with Gasteiger partial charge in [-0.05, 0) is 11.8 Å². The van der Waals surface area contributed by atoms with E-state index in [1.165, 1.54) is 36.8 Å². The van der Waals surface area contributed by atoms with Gasteiger partial charge in [-0.2, -0.15) is 4.39 Å². The zero-order valence-electron chi connectivity index (χ0n) is 8.33. The van der Waals surface area contributed by atoms with Crippen molar-refractivity contribution in [1.82, 2.24) is 29.9 Å². The lowest BCUT2D eigenvalue weighted by Crippen LogP contribution is -1.89. The van der Waals surface area contributed by atoms with Crippen LogP contribution in [0.15, 0.2) is 35.1 Å². The van der Waals surface area contributed by atoms with E-state index < -0.39 is 5.95 Å². The molecule has 6 nitrogen and oxygen atoms in total. The third-order valence-corrected chi connectivity index (χ3v) is 2.93. The Bertz CT molecular complexity index is 669. The van der Waals surface area contributed by atoms with Crippen molar-refractivity contribution in [3.8, 4) is 0 Å². The number of hydrogen-bond donors (Lipinski definition) is 1. The molecule has 1 N–H and O–H groups in total. The number of rotatable bonds is 2. The van der Waals surface area contributed by atoms with E-state index in [0.29, 0.717) is 21.2 Å². The van der Waals surface area contributed by atoms with Gasteiger partial charge in [0, 0.05) is 6.07 Å². The standard InChI is InChI=1S/C9H5FN6S/c10-5-1-6(12-2-11-5)17-9-7-8(14-3-13-7)15-4-16-9/h1-4H,(H,13,14,15,16). The molecule has 3 aromatic heterocycles. The Hall–Kier alpha value is -2.09. The minimum atomic E-state index is -0.572. The molecule has 84 valence electrons. The van der Waals surface area contributed by atoms with Gasteiger partial charge in [0.25, 0.3) is 0 Å². The number of nitrogens with zero attached hydrogens (tertiary/aromatic N) is 5. The molecular weight excluding hydrogens is 243 g/mol. The normalized spacial score (nSPS) is 10.9. The Morgan fingerprint density at radius 1 is 1.06 bits per heavy atom. The average molecular weight is 248 g/mol. The van der Waals surface area contributed by atoms with Gasteiger partial charge in [-0.15, -0.1) is 0 Å². The number of hydrogen-bond acceptors (Lipinski definition) is 6. The van der Waals surface area contributed by atoms with Gasteiger partial charge >= 0.3 is 0 Å². The van der Waals surface area contributed by atoms with Crippen LogP contribution < -0.4 is 0 Å². The summed E-state index contributed by atoms with van der Waals surface area (Å²) in [5.74, 6) is -0.572. The Balaban J connectivity index is 2.02. The number of nitrogens with one attached hydrogen (secondary N) is 1. The summed E-state index contributed by atoms with van der Waals surface area (Å²) in [5, 5.41) is 1.12. The molecule has 0 aliphatic rings. The van der Waals surface area contributed by atoms with Gasteiger partial charge in [0.2, 0.25) is 5.95 Å². The SMILES string of the molecule is Fc1cc(Sc2ncnc3nc[nH]c23)ncn1. The first kappa shape index (κ1) is 10.1. The summed E-state index contributed by atoms with van der Waals surface area (Å²) >= 11 is 1.22. The van der Waals surface area contributed by atoms with E-state index in [0.717, 1.165) is 0 Å². The fourth-order valence-corrected chi connectivity index (χ4v) is 2.10. The third kappa shape index (κ3) is 1.94. The van der Waals surface area contributed by atoms with Gasteiger partial charge < -0.3 is 4.98 Å². The van der Waals surface area contributed by atoms with E-state index in [1.54, 1.807) is 0 Å². The molecule has 3 aromatic rings. The summed E-state index contributed by atoms with van der Waals surface area (Å²) < 4.78 is 12.9. The lowest BCUT2D eigenvalue weighted by atomic mass is 10.6. The molecule has 3 rings (SSSR count). The first-order chi connectivity index (χ1) is 8.33. The summed E-state index contributed by atoms with van der Waals surface area (Å²) in [7, 11) is 0. The molecule has 0 saturated heterocycles. The largest absolute Gasteiger partial charge is 0.341 e. The molecule has 0 amide bonds. The van der Waals surface area contributed by atoms with Crippen LogP contribution in [0.5, 0.6) is 0 Å². The van der Waals surface area contributed by atoms with Gasteiger partial charge in [0.1, 0.15) is 28.2 Å². The first-order valence-electron chi connectivity index (χ1n) is 4.62. The first-order valence-corrected chi connectivity index (χ1v) is 5.44. The van der Waals surface area contributed by atoms with Crippen molar-refractivity contribution in [2.75, 3.05) is 0 Å². The van der Waals surface area contributed by atoms with Crippen molar-refractivity contribution in [3.63, 3.8) is 0 Å². The van der Waals surface area contributed by atoms with Crippen molar-refractivity contribution < 1.29 is 4.39 Å². The van der Waals surface area contributed by atoms with Crippen molar-refractivity contribution in [1.29, 1.82) is 0 Å². The average Bonchev–Trinajstić information content (AvgIpc) is 2.78. The van der Waals surface area contributed by atoms with Gasteiger partial charge in [-0.1, -0.05) is 0 Å². The van der Waals surface area contributed by atoms with E-state index in [-0.39, 0.29) is 0 Å². The van der Waals surface area contributed by atoms with Crippen LogP contribution in [0.1, 0.15) is 0 Å². The highest BCUT2D eigenvalue weighted by Crippen LogP contribution is 2.27. The van der Waals surface area contributed by atoms with Crippen LogP contribution in [0.4, 0.5) is 4.39 Å². The van der Waals surface area contributed by atoms with Crippen LogP contribution in [0, 0.1) is 5.95 Å². The van der Waals surface area contributed by atoms with E-state index in [1.807, 2.05) is 0 Å². The lowest BCUT2D eigenvalue weighted by molar-refractivity contribution is 0.572. The molecule has 17 heavy (non-hydrogen) atoms. The highest BCUT2D eigenvalue weighted by molar-refractivity contribution is 7.99. The van der Waals surface area contributed by atoms with Crippen molar-refractivity contribution in [2.24, 2.45) is 0 Å². The summed E-state index contributed by atoms with van der Waals surface area (Å²) in [6, 6.07) is 1.25. The number of fused-ring (bicyclic) bond motifs is 1.